The normalized spacial score (nSPS) is 15.7. The largest absolute Gasteiger partial charge is 0.313 e. The molecule has 0 heterocycles. The molecular formula is C11H25NO2S. The third-order valence-corrected chi connectivity index (χ3v) is 4.85. The van der Waals surface area contributed by atoms with Crippen LogP contribution in [0.4, 0.5) is 0 Å². The molecule has 0 aromatic heterocycles. The van der Waals surface area contributed by atoms with Crippen LogP contribution in [-0.4, -0.2) is 32.0 Å². The predicted octanol–water partition coefficient (Wildman–Crippen LogP) is 1.83. The van der Waals surface area contributed by atoms with Crippen LogP contribution in [0.3, 0.4) is 0 Å². The van der Waals surface area contributed by atoms with E-state index in [0.717, 1.165) is 6.54 Å². The van der Waals surface area contributed by atoms with Crippen LogP contribution in [-0.2, 0) is 9.84 Å². The van der Waals surface area contributed by atoms with Gasteiger partial charge in [0.1, 0.15) is 0 Å². The molecule has 0 aromatic rings. The maximum absolute atomic E-state index is 11.8. The van der Waals surface area contributed by atoms with E-state index in [1.807, 2.05) is 6.92 Å². The second-order valence-electron chi connectivity index (χ2n) is 5.35. The minimum atomic E-state index is -2.97. The molecule has 1 N–H and O–H groups in total. The lowest BCUT2D eigenvalue weighted by molar-refractivity contribution is 0.292. The number of hydrogen-bond acceptors (Lipinski definition) is 3. The van der Waals surface area contributed by atoms with Gasteiger partial charge in [-0.05, 0) is 25.8 Å². The third kappa shape index (κ3) is 4.98. The van der Waals surface area contributed by atoms with Crippen LogP contribution in [0.2, 0.25) is 0 Å². The molecule has 4 heteroatoms. The highest BCUT2D eigenvalue weighted by atomic mass is 32.2. The smallest absolute Gasteiger partial charge is 0.154 e. The fraction of sp³-hybridized carbons (Fsp3) is 1.00. The van der Waals surface area contributed by atoms with E-state index in [1.54, 1.807) is 13.8 Å². The molecular weight excluding hydrogens is 210 g/mol. The summed E-state index contributed by atoms with van der Waals surface area (Å²) < 4.78 is 23.6. The molecule has 0 spiro atoms. The van der Waals surface area contributed by atoms with Crippen molar-refractivity contribution in [3.8, 4) is 0 Å². The topological polar surface area (TPSA) is 46.2 Å². The van der Waals surface area contributed by atoms with Crippen molar-refractivity contribution in [1.29, 1.82) is 0 Å². The number of nitrogens with one attached hydrogen (secondary N) is 1. The van der Waals surface area contributed by atoms with Crippen LogP contribution >= 0.6 is 0 Å². The highest BCUT2D eigenvalue weighted by Gasteiger charge is 2.30. The molecule has 1 atom stereocenters. The lowest BCUT2D eigenvalue weighted by atomic mass is 9.88. The molecule has 1 unspecified atom stereocenters. The maximum Gasteiger partial charge on any atom is 0.154 e. The van der Waals surface area contributed by atoms with Crippen molar-refractivity contribution in [1.82, 2.24) is 5.32 Å². The second-order valence-corrected chi connectivity index (χ2v) is 7.96. The summed E-state index contributed by atoms with van der Waals surface area (Å²) in [5, 5.41) is 2.96. The molecule has 0 saturated carbocycles. The van der Waals surface area contributed by atoms with Gasteiger partial charge < -0.3 is 5.32 Å². The van der Waals surface area contributed by atoms with Gasteiger partial charge in [-0.2, -0.15) is 0 Å². The van der Waals surface area contributed by atoms with Crippen LogP contribution in [0.5, 0.6) is 0 Å². The van der Waals surface area contributed by atoms with E-state index >= 15 is 0 Å². The summed E-state index contributed by atoms with van der Waals surface area (Å²) in [4.78, 5) is 0. The molecule has 0 bridgehead atoms. The van der Waals surface area contributed by atoms with Crippen molar-refractivity contribution < 1.29 is 8.42 Å². The molecule has 0 aliphatic carbocycles. The quantitative estimate of drug-likeness (QED) is 0.791. The summed E-state index contributed by atoms with van der Waals surface area (Å²) >= 11 is 0. The van der Waals surface area contributed by atoms with Gasteiger partial charge in [0, 0.05) is 6.04 Å². The average Bonchev–Trinajstić information content (AvgIpc) is 2.01. The first-order valence-corrected chi connectivity index (χ1v) is 7.27. The maximum atomic E-state index is 11.8. The van der Waals surface area contributed by atoms with Gasteiger partial charge in [-0.15, -0.1) is 0 Å². The summed E-state index contributed by atoms with van der Waals surface area (Å²) in [7, 11) is -2.97. The Balaban J connectivity index is 4.71. The van der Waals surface area contributed by atoms with Gasteiger partial charge in [-0.25, -0.2) is 8.42 Å². The third-order valence-electron chi connectivity index (χ3n) is 2.61. The summed E-state index contributed by atoms with van der Waals surface area (Å²) in [5.41, 5.74) is -0.0298. The van der Waals surface area contributed by atoms with E-state index in [0.29, 0.717) is 0 Å². The minimum absolute atomic E-state index is 0.0231. The first-order chi connectivity index (χ1) is 6.61. The Labute approximate surface area is 94.6 Å². The van der Waals surface area contributed by atoms with E-state index in [2.05, 4.69) is 26.1 Å². The summed E-state index contributed by atoms with van der Waals surface area (Å²) in [5.74, 6) is 0.224. The first kappa shape index (κ1) is 14.9. The van der Waals surface area contributed by atoms with Crippen LogP contribution in [0.15, 0.2) is 0 Å². The summed E-state index contributed by atoms with van der Waals surface area (Å²) in [6.07, 6.45) is 0. The van der Waals surface area contributed by atoms with Gasteiger partial charge in [0.15, 0.2) is 9.84 Å². The molecule has 0 aromatic carbocycles. The SMILES string of the molecule is CCNC(CS(=O)(=O)C(C)C)C(C)(C)C. The van der Waals surface area contributed by atoms with Crippen molar-refractivity contribution in [2.75, 3.05) is 12.3 Å². The Morgan fingerprint density at radius 3 is 1.93 bits per heavy atom. The van der Waals surface area contributed by atoms with E-state index in [1.165, 1.54) is 0 Å². The molecule has 0 saturated heterocycles. The van der Waals surface area contributed by atoms with Crippen LogP contribution in [0.25, 0.3) is 0 Å². The van der Waals surface area contributed by atoms with Gasteiger partial charge in [-0.1, -0.05) is 27.7 Å². The van der Waals surface area contributed by atoms with Gasteiger partial charge in [0.2, 0.25) is 0 Å². The second kappa shape index (κ2) is 5.30. The zero-order chi connectivity index (χ0) is 12.3. The van der Waals surface area contributed by atoms with Crippen molar-refractivity contribution in [2.24, 2.45) is 5.41 Å². The monoisotopic (exact) mass is 235 g/mol. The Hall–Kier alpha value is -0.0900. The Morgan fingerprint density at radius 2 is 1.67 bits per heavy atom. The highest BCUT2D eigenvalue weighted by Crippen LogP contribution is 2.21. The van der Waals surface area contributed by atoms with E-state index in [9.17, 15) is 8.42 Å². The molecule has 0 radical (unpaired) electrons. The fourth-order valence-corrected chi connectivity index (χ4v) is 2.75. The molecule has 92 valence electrons. The lowest BCUT2D eigenvalue weighted by Crippen LogP contribution is -2.46. The minimum Gasteiger partial charge on any atom is -0.313 e. The number of rotatable bonds is 5. The van der Waals surface area contributed by atoms with Gasteiger partial charge in [0.05, 0.1) is 11.0 Å². The Bertz CT molecular complexity index is 275. The molecule has 0 rings (SSSR count). The van der Waals surface area contributed by atoms with Crippen molar-refractivity contribution >= 4 is 9.84 Å². The molecule has 15 heavy (non-hydrogen) atoms. The van der Waals surface area contributed by atoms with Gasteiger partial charge in [0.25, 0.3) is 0 Å². The van der Waals surface area contributed by atoms with E-state index in [4.69, 9.17) is 0 Å². The first-order valence-electron chi connectivity index (χ1n) is 5.56. The van der Waals surface area contributed by atoms with Crippen molar-refractivity contribution in [3.05, 3.63) is 0 Å². The zero-order valence-corrected chi connectivity index (χ0v) is 11.6. The molecule has 0 amide bonds. The molecule has 0 aliphatic heterocycles. The van der Waals surface area contributed by atoms with E-state index in [-0.39, 0.29) is 22.5 Å². The van der Waals surface area contributed by atoms with Crippen molar-refractivity contribution in [3.63, 3.8) is 0 Å². The van der Waals surface area contributed by atoms with Gasteiger partial charge in [-0.3, -0.25) is 0 Å². The summed E-state index contributed by atoms with van der Waals surface area (Å²) in [6, 6.07) is 0.0231. The zero-order valence-electron chi connectivity index (χ0n) is 10.8. The molecule has 3 nitrogen and oxygen atoms in total. The average molecular weight is 235 g/mol. The molecule has 0 fully saturated rings. The van der Waals surface area contributed by atoms with Crippen LogP contribution in [0, 0.1) is 5.41 Å². The highest BCUT2D eigenvalue weighted by molar-refractivity contribution is 7.92. The van der Waals surface area contributed by atoms with Crippen molar-refractivity contribution in [2.45, 2.75) is 52.8 Å². The standard InChI is InChI=1S/C11H25NO2S/c1-7-12-10(11(4,5)6)8-15(13,14)9(2)3/h9-10,12H,7-8H2,1-6H3. The fourth-order valence-electron chi connectivity index (χ4n) is 1.29. The lowest BCUT2D eigenvalue weighted by Gasteiger charge is -2.31. The van der Waals surface area contributed by atoms with E-state index < -0.39 is 9.84 Å². The number of hydrogen-bond donors (Lipinski definition) is 1. The Morgan fingerprint density at radius 1 is 1.20 bits per heavy atom. The summed E-state index contributed by atoms with van der Waals surface area (Å²) in [6.45, 7) is 12.5. The Kier molecular flexibility index (Phi) is 5.27. The number of sulfone groups is 1. The predicted molar refractivity (Wildman–Crippen MR) is 65.8 cm³/mol. The van der Waals surface area contributed by atoms with Crippen LogP contribution in [0.1, 0.15) is 41.5 Å². The van der Waals surface area contributed by atoms with Crippen LogP contribution < -0.4 is 5.32 Å². The molecule has 0 aliphatic rings. The van der Waals surface area contributed by atoms with Gasteiger partial charge >= 0.3 is 0 Å².